The molecule has 0 bridgehead atoms. The molecule has 104 valence electrons. The fraction of sp³-hybridized carbons (Fsp3) is 0.500. The summed E-state index contributed by atoms with van der Waals surface area (Å²) in [6, 6.07) is 5.26. The van der Waals surface area contributed by atoms with Crippen molar-refractivity contribution in [1.82, 2.24) is 4.90 Å². The van der Waals surface area contributed by atoms with E-state index in [4.69, 9.17) is 27.9 Å². The third-order valence-electron chi connectivity index (χ3n) is 3.37. The number of halogens is 2. The highest BCUT2D eigenvalue weighted by atomic mass is 35.5. The van der Waals surface area contributed by atoms with Crippen LogP contribution in [0.3, 0.4) is 0 Å². The summed E-state index contributed by atoms with van der Waals surface area (Å²) in [4.78, 5) is 14.2. The van der Waals surface area contributed by atoms with Crippen molar-refractivity contribution in [2.45, 2.75) is 24.6 Å². The summed E-state index contributed by atoms with van der Waals surface area (Å²) in [5, 5.41) is -0.327. The molecule has 1 aliphatic rings. The van der Waals surface area contributed by atoms with E-state index in [0.717, 1.165) is 25.9 Å². The number of carbonyl (C=O) groups excluding carboxylic acids is 1. The van der Waals surface area contributed by atoms with Gasteiger partial charge in [-0.25, -0.2) is 0 Å². The largest absolute Gasteiger partial charge is 0.496 e. The van der Waals surface area contributed by atoms with Crippen LogP contribution in [-0.4, -0.2) is 31.0 Å². The number of ether oxygens (including phenoxy) is 1. The number of hydrogen-bond acceptors (Lipinski definition) is 2. The third-order valence-corrected chi connectivity index (χ3v) is 4.11. The van der Waals surface area contributed by atoms with Gasteiger partial charge in [0.25, 0.3) is 0 Å². The van der Waals surface area contributed by atoms with Crippen LogP contribution in [0, 0.1) is 0 Å². The van der Waals surface area contributed by atoms with E-state index in [-0.39, 0.29) is 5.91 Å². The van der Waals surface area contributed by atoms with Crippen LogP contribution in [0.1, 0.15) is 30.2 Å². The second-order valence-corrected chi connectivity index (χ2v) is 5.45. The Hall–Kier alpha value is -0.930. The Labute approximate surface area is 123 Å². The number of methoxy groups -OCH3 is 1. The molecular weight excluding hydrogens is 285 g/mol. The Morgan fingerprint density at radius 3 is 2.63 bits per heavy atom. The highest BCUT2D eigenvalue weighted by Crippen LogP contribution is 2.37. The molecule has 0 aromatic heterocycles. The van der Waals surface area contributed by atoms with Gasteiger partial charge in [-0.15, -0.1) is 11.6 Å². The second kappa shape index (κ2) is 6.49. The SMILES string of the molecule is COc1cccc(Cl)c1C(Cl)C(=O)N1CCCCC1. The Balaban J connectivity index is 2.23. The first-order valence-corrected chi connectivity index (χ1v) is 7.22. The Morgan fingerprint density at radius 1 is 1.32 bits per heavy atom. The summed E-state index contributed by atoms with van der Waals surface area (Å²) in [5.74, 6) is 0.464. The van der Waals surface area contributed by atoms with Crippen molar-refractivity contribution in [3.63, 3.8) is 0 Å². The molecule has 0 spiro atoms. The normalized spacial score (nSPS) is 17.1. The van der Waals surface area contributed by atoms with Gasteiger partial charge < -0.3 is 9.64 Å². The topological polar surface area (TPSA) is 29.5 Å². The Bertz CT molecular complexity index is 459. The first-order chi connectivity index (χ1) is 9.15. The van der Waals surface area contributed by atoms with Gasteiger partial charge in [0.05, 0.1) is 7.11 Å². The van der Waals surface area contributed by atoms with Crippen molar-refractivity contribution in [2.24, 2.45) is 0 Å². The molecule has 2 rings (SSSR count). The van der Waals surface area contributed by atoms with Gasteiger partial charge in [0.15, 0.2) is 0 Å². The number of alkyl halides is 1. The van der Waals surface area contributed by atoms with Gasteiger partial charge in [0.1, 0.15) is 11.1 Å². The third kappa shape index (κ3) is 3.15. The highest BCUT2D eigenvalue weighted by Gasteiger charge is 2.29. The number of rotatable bonds is 3. The van der Waals surface area contributed by atoms with Crippen LogP contribution < -0.4 is 4.74 Å². The zero-order valence-electron chi connectivity index (χ0n) is 10.9. The smallest absolute Gasteiger partial charge is 0.245 e. The van der Waals surface area contributed by atoms with E-state index in [9.17, 15) is 4.79 Å². The van der Waals surface area contributed by atoms with Gasteiger partial charge >= 0.3 is 0 Å². The van der Waals surface area contributed by atoms with Gasteiger partial charge in [-0.1, -0.05) is 17.7 Å². The molecule has 1 heterocycles. The maximum Gasteiger partial charge on any atom is 0.245 e. The monoisotopic (exact) mass is 301 g/mol. The van der Waals surface area contributed by atoms with Gasteiger partial charge in [-0.05, 0) is 31.4 Å². The fourth-order valence-corrected chi connectivity index (χ4v) is 3.03. The average Bonchev–Trinajstić information content (AvgIpc) is 2.46. The molecule has 1 aromatic carbocycles. The summed E-state index contributed by atoms with van der Waals surface area (Å²) < 4.78 is 5.25. The van der Waals surface area contributed by atoms with Crippen LogP contribution in [0.2, 0.25) is 5.02 Å². The van der Waals surface area contributed by atoms with E-state index < -0.39 is 5.38 Å². The molecule has 1 aromatic rings. The zero-order chi connectivity index (χ0) is 13.8. The first-order valence-electron chi connectivity index (χ1n) is 6.40. The molecule has 0 aliphatic carbocycles. The average molecular weight is 302 g/mol. The van der Waals surface area contributed by atoms with Gasteiger partial charge in [0.2, 0.25) is 5.91 Å². The quantitative estimate of drug-likeness (QED) is 0.798. The lowest BCUT2D eigenvalue weighted by molar-refractivity contribution is -0.131. The van der Waals surface area contributed by atoms with Crippen molar-refractivity contribution in [3.05, 3.63) is 28.8 Å². The maximum atomic E-state index is 12.4. The van der Waals surface area contributed by atoms with E-state index in [1.165, 1.54) is 6.42 Å². The van der Waals surface area contributed by atoms with E-state index in [1.807, 2.05) is 4.90 Å². The molecule has 1 fully saturated rings. The predicted octanol–water partition coefficient (Wildman–Crippen LogP) is 3.64. The van der Waals surface area contributed by atoms with Crippen LogP contribution in [0.4, 0.5) is 0 Å². The molecule has 0 saturated carbocycles. The number of likely N-dealkylation sites (tertiary alicyclic amines) is 1. The predicted molar refractivity (Wildman–Crippen MR) is 77.0 cm³/mol. The van der Waals surface area contributed by atoms with E-state index in [0.29, 0.717) is 16.3 Å². The molecule has 0 radical (unpaired) electrons. The number of carbonyl (C=O) groups is 1. The van der Waals surface area contributed by atoms with E-state index in [2.05, 4.69) is 0 Å². The lowest BCUT2D eigenvalue weighted by Crippen LogP contribution is -2.37. The minimum Gasteiger partial charge on any atom is -0.496 e. The van der Waals surface area contributed by atoms with Crippen LogP contribution in [0.15, 0.2) is 18.2 Å². The summed E-state index contributed by atoms with van der Waals surface area (Å²) in [6.45, 7) is 1.55. The number of hydrogen-bond donors (Lipinski definition) is 0. The first kappa shape index (κ1) is 14.5. The zero-order valence-corrected chi connectivity index (χ0v) is 12.4. The summed E-state index contributed by atoms with van der Waals surface area (Å²) in [6.07, 6.45) is 3.25. The fourth-order valence-electron chi connectivity index (χ4n) is 2.34. The molecule has 5 heteroatoms. The second-order valence-electron chi connectivity index (χ2n) is 4.60. The molecule has 3 nitrogen and oxygen atoms in total. The Morgan fingerprint density at radius 2 is 2.00 bits per heavy atom. The number of benzene rings is 1. The summed E-state index contributed by atoms with van der Waals surface area (Å²) >= 11 is 12.5. The number of amides is 1. The van der Waals surface area contributed by atoms with Gasteiger partial charge in [-0.3, -0.25) is 4.79 Å². The Kier molecular flexibility index (Phi) is 4.94. The van der Waals surface area contributed by atoms with Crippen LogP contribution in [-0.2, 0) is 4.79 Å². The van der Waals surface area contributed by atoms with Gasteiger partial charge in [-0.2, -0.15) is 0 Å². The minimum absolute atomic E-state index is 0.0900. The molecule has 1 amide bonds. The van der Waals surface area contributed by atoms with E-state index in [1.54, 1.807) is 25.3 Å². The number of piperidine rings is 1. The van der Waals surface area contributed by atoms with Crippen molar-refractivity contribution in [1.29, 1.82) is 0 Å². The molecular formula is C14H17Cl2NO2. The molecule has 1 aliphatic heterocycles. The lowest BCUT2D eigenvalue weighted by atomic mass is 10.1. The molecule has 1 saturated heterocycles. The molecule has 1 unspecified atom stereocenters. The molecule has 19 heavy (non-hydrogen) atoms. The highest BCUT2D eigenvalue weighted by molar-refractivity contribution is 6.36. The summed E-state index contributed by atoms with van der Waals surface area (Å²) in [5.41, 5.74) is 0.559. The maximum absolute atomic E-state index is 12.4. The number of nitrogens with zero attached hydrogens (tertiary/aromatic N) is 1. The van der Waals surface area contributed by atoms with Gasteiger partial charge in [0, 0.05) is 23.7 Å². The van der Waals surface area contributed by atoms with Crippen LogP contribution in [0.25, 0.3) is 0 Å². The van der Waals surface area contributed by atoms with Crippen molar-refractivity contribution >= 4 is 29.1 Å². The van der Waals surface area contributed by atoms with Crippen LogP contribution >= 0.6 is 23.2 Å². The van der Waals surface area contributed by atoms with Crippen molar-refractivity contribution in [2.75, 3.05) is 20.2 Å². The molecule has 1 atom stereocenters. The minimum atomic E-state index is -0.790. The van der Waals surface area contributed by atoms with Crippen LogP contribution in [0.5, 0.6) is 5.75 Å². The molecule has 0 N–H and O–H groups in total. The van der Waals surface area contributed by atoms with Crippen molar-refractivity contribution in [3.8, 4) is 5.75 Å². The standard InChI is InChI=1S/C14H17Cl2NO2/c1-19-11-7-5-6-10(15)12(11)13(16)14(18)17-8-3-2-4-9-17/h5-7,13H,2-4,8-9H2,1H3. The lowest BCUT2D eigenvalue weighted by Gasteiger charge is -2.29. The van der Waals surface area contributed by atoms with Crippen molar-refractivity contribution < 1.29 is 9.53 Å². The van der Waals surface area contributed by atoms with E-state index >= 15 is 0 Å². The summed E-state index contributed by atoms with van der Waals surface area (Å²) in [7, 11) is 1.55.